The van der Waals surface area contributed by atoms with Gasteiger partial charge >= 0.3 is 5.69 Å². The number of anilines is 2. The highest BCUT2D eigenvalue weighted by molar-refractivity contribution is 5.61. The van der Waals surface area contributed by atoms with Crippen LogP contribution in [0.3, 0.4) is 0 Å². The summed E-state index contributed by atoms with van der Waals surface area (Å²) in [5, 5.41) is 19.8. The third kappa shape index (κ3) is 2.77. The molecule has 1 heterocycles. The van der Waals surface area contributed by atoms with Gasteiger partial charge in [-0.15, -0.1) is 0 Å². The topological polar surface area (TPSA) is 130 Å². The Morgan fingerprint density at radius 2 is 2.24 bits per heavy atom. The Morgan fingerprint density at radius 1 is 1.59 bits per heavy atom. The third-order valence-electron chi connectivity index (χ3n) is 2.15. The number of rotatable bonds is 5. The molecule has 94 valence electrons. The van der Waals surface area contributed by atoms with E-state index in [0.717, 1.165) is 0 Å². The normalized spacial score (nSPS) is 10.1. The van der Waals surface area contributed by atoms with Crippen LogP contribution in [0.5, 0.6) is 0 Å². The first-order chi connectivity index (χ1) is 8.01. The van der Waals surface area contributed by atoms with Gasteiger partial charge in [0, 0.05) is 13.6 Å². The van der Waals surface area contributed by atoms with E-state index >= 15 is 0 Å². The van der Waals surface area contributed by atoms with Gasteiger partial charge in [-0.25, -0.2) is 10.8 Å². The van der Waals surface area contributed by atoms with E-state index in [1.807, 2.05) is 0 Å². The van der Waals surface area contributed by atoms with Crippen molar-refractivity contribution in [3.05, 3.63) is 15.8 Å². The predicted molar refractivity (Wildman–Crippen MR) is 61.6 cm³/mol. The van der Waals surface area contributed by atoms with Crippen LogP contribution in [-0.4, -0.2) is 40.2 Å². The van der Waals surface area contributed by atoms with Gasteiger partial charge in [0.2, 0.25) is 11.8 Å². The number of nitrogen functional groups attached to an aromatic ring is 1. The number of aryl methyl sites for hydroxylation is 1. The number of nitrogens with one attached hydrogen (secondary N) is 1. The number of likely N-dealkylation sites (N-methyl/N-ethyl adjacent to an activating group) is 1. The number of aromatic nitrogens is 2. The quantitative estimate of drug-likeness (QED) is 0.354. The summed E-state index contributed by atoms with van der Waals surface area (Å²) in [6.45, 7) is 1.58. The van der Waals surface area contributed by atoms with Gasteiger partial charge in [0.1, 0.15) is 5.69 Å². The summed E-state index contributed by atoms with van der Waals surface area (Å²) in [5.74, 6) is 5.38. The molecule has 17 heavy (non-hydrogen) atoms. The fraction of sp³-hybridized carbons (Fsp3) is 0.500. The Kier molecular flexibility index (Phi) is 4.12. The van der Waals surface area contributed by atoms with Crippen molar-refractivity contribution in [1.82, 2.24) is 9.97 Å². The fourth-order valence-corrected chi connectivity index (χ4v) is 1.35. The first-order valence-electron chi connectivity index (χ1n) is 4.83. The molecule has 0 bridgehead atoms. The van der Waals surface area contributed by atoms with Crippen LogP contribution in [0.4, 0.5) is 17.5 Å². The minimum absolute atomic E-state index is 0.0906. The molecule has 0 spiro atoms. The molecule has 0 aliphatic rings. The minimum atomic E-state index is -0.557. The molecular formula is C8H14N6O3. The van der Waals surface area contributed by atoms with Crippen molar-refractivity contribution in [3.8, 4) is 0 Å². The van der Waals surface area contributed by atoms with Crippen LogP contribution in [0.1, 0.15) is 5.69 Å². The molecule has 0 radical (unpaired) electrons. The van der Waals surface area contributed by atoms with Crippen LogP contribution in [0, 0.1) is 17.0 Å². The number of aliphatic hydroxyl groups excluding tert-OH is 1. The second-order valence-corrected chi connectivity index (χ2v) is 3.35. The molecule has 9 heteroatoms. The highest BCUT2D eigenvalue weighted by Crippen LogP contribution is 2.28. The summed E-state index contributed by atoms with van der Waals surface area (Å²) >= 11 is 0. The molecule has 0 aromatic carbocycles. The second kappa shape index (κ2) is 5.37. The van der Waals surface area contributed by atoms with Gasteiger partial charge in [0.05, 0.1) is 11.5 Å². The lowest BCUT2D eigenvalue weighted by Crippen LogP contribution is -2.25. The summed E-state index contributed by atoms with van der Waals surface area (Å²) in [5.41, 5.74) is 2.25. The monoisotopic (exact) mass is 242 g/mol. The average Bonchev–Trinajstić information content (AvgIpc) is 2.27. The molecule has 0 aliphatic carbocycles. The van der Waals surface area contributed by atoms with E-state index in [9.17, 15) is 10.1 Å². The number of hydrogen-bond donors (Lipinski definition) is 3. The average molecular weight is 242 g/mol. The molecule has 0 amide bonds. The molecule has 1 aromatic rings. The van der Waals surface area contributed by atoms with Crippen molar-refractivity contribution in [2.45, 2.75) is 6.92 Å². The van der Waals surface area contributed by atoms with E-state index in [-0.39, 0.29) is 36.3 Å². The van der Waals surface area contributed by atoms with Crippen LogP contribution in [-0.2, 0) is 0 Å². The smallest absolute Gasteiger partial charge is 0.332 e. The molecule has 0 saturated carbocycles. The maximum absolute atomic E-state index is 10.9. The van der Waals surface area contributed by atoms with Crippen LogP contribution in [0.2, 0.25) is 0 Å². The Hall–Kier alpha value is -2.00. The van der Waals surface area contributed by atoms with Crippen molar-refractivity contribution in [1.29, 1.82) is 0 Å². The molecule has 0 atom stereocenters. The molecule has 0 fully saturated rings. The van der Waals surface area contributed by atoms with E-state index in [4.69, 9.17) is 10.9 Å². The SMILES string of the molecule is Cc1nc(NN)nc(N(C)CCO)c1[N+](=O)[O-]. The molecule has 0 saturated heterocycles. The number of nitrogens with zero attached hydrogens (tertiary/aromatic N) is 4. The lowest BCUT2D eigenvalue weighted by atomic mass is 10.3. The largest absolute Gasteiger partial charge is 0.395 e. The number of nitro groups is 1. The van der Waals surface area contributed by atoms with Gasteiger partial charge in [-0.1, -0.05) is 0 Å². The number of hydrogen-bond acceptors (Lipinski definition) is 8. The highest BCUT2D eigenvalue weighted by Gasteiger charge is 2.24. The molecule has 0 unspecified atom stereocenters. The van der Waals surface area contributed by atoms with Gasteiger partial charge in [-0.2, -0.15) is 4.98 Å². The zero-order chi connectivity index (χ0) is 13.0. The van der Waals surface area contributed by atoms with E-state index in [2.05, 4.69) is 15.4 Å². The first-order valence-corrected chi connectivity index (χ1v) is 4.83. The lowest BCUT2D eigenvalue weighted by molar-refractivity contribution is -0.385. The molecule has 9 nitrogen and oxygen atoms in total. The third-order valence-corrected chi connectivity index (χ3v) is 2.15. The van der Waals surface area contributed by atoms with Crippen molar-refractivity contribution in [3.63, 3.8) is 0 Å². The zero-order valence-electron chi connectivity index (χ0n) is 9.54. The van der Waals surface area contributed by atoms with E-state index in [1.165, 1.54) is 11.8 Å². The van der Waals surface area contributed by atoms with E-state index in [1.54, 1.807) is 7.05 Å². The standard InChI is InChI=1S/C8H14N6O3/c1-5-6(14(16)17)7(13(2)3-4-15)11-8(10-5)12-9/h15H,3-4,9H2,1-2H3,(H,10,11,12). The summed E-state index contributed by atoms with van der Waals surface area (Å²) in [4.78, 5) is 19.6. The molecule has 1 rings (SSSR count). The van der Waals surface area contributed by atoms with Crippen molar-refractivity contribution < 1.29 is 10.0 Å². The number of aliphatic hydroxyl groups is 1. The summed E-state index contributed by atoms with van der Waals surface area (Å²) in [6.07, 6.45) is 0. The summed E-state index contributed by atoms with van der Waals surface area (Å²) in [6, 6.07) is 0. The maximum atomic E-state index is 10.9. The molecule has 1 aromatic heterocycles. The van der Waals surface area contributed by atoms with Gasteiger partial charge in [0.15, 0.2) is 0 Å². The Balaban J connectivity index is 3.31. The highest BCUT2D eigenvalue weighted by atomic mass is 16.6. The maximum Gasteiger partial charge on any atom is 0.332 e. The summed E-state index contributed by atoms with van der Waals surface area (Å²) in [7, 11) is 1.59. The van der Waals surface area contributed by atoms with Crippen molar-refractivity contribution >= 4 is 17.5 Å². The van der Waals surface area contributed by atoms with Crippen molar-refractivity contribution in [2.24, 2.45) is 5.84 Å². The van der Waals surface area contributed by atoms with Crippen LogP contribution in [0.15, 0.2) is 0 Å². The van der Waals surface area contributed by atoms with E-state index < -0.39 is 4.92 Å². The molecular weight excluding hydrogens is 228 g/mol. The predicted octanol–water partition coefficient (Wildman–Crippen LogP) is -0.593. The van der Waals surface area contributed by atoms with Crippen LogP contribution >= 0.6 is 0 Å². The molecule has 4 N–H and O–H groups in total. The first kappa shape index (κ1) is 13.1. The Morgan fingerprint density at radius 3 is 2.71 bits per heavy atom. The van der Waals surface area contributed by atoms with Gasteiger partial charge in [-0.3, -0.25) is 15.5 Å². The number of hydrazine groups is 1. The lowest BCUT2D eigenvalue weighted by Gasteiger charge is -2.17. The van der Waals surface area contributed by atoms with Gasteiger partial charge in [0.25, 0.3) is 0 Å². The van der Waals surface area contributed by atoms with Gasteiger partial charge in [-0.05, 0) is 6.92 Å². The minimum Gasteiger partial charge on any atom is -0.395 e. The van der Waals surface area contributed by atoms with E-state index in [0.29, 0.717) is 0 Å². The number of nitrogens with two attached hydrogens (primary N) is 1. The van der Waals surface area contributed by atoms with Crippen molar-refractivity contribution in [2.75, 3.05) is 30.5 Å². The second-order valence-electron chi connectivity index (χ2n) is 3.35. The fourth-order valence-electron chi connectivity index (χ4n) is 1.35. The van der Waals surface area contributed by atoms with Gasteiger partial charge < -0.3 is 10.0 Å². The molecule has 0 aliphatic heterocycles. The zero-order valence-corrected chi connectivity index (χ0v) is 9.54. The summed E-state index contributed by atoms with van der Waals surface area (Å²) < 4.78 is 0. The Labute approximate surface area is 97.4 Å². The van der Waals surface area contributed by atoms with Crippen LogP contribution < -0.4 is 16.2 Å². The van der Waals surface area contributed by atoms with Crippen LogP contribution in [0.25, 0.3) is 0 Å². The Bertz CT molecular complexity index is 424.